The Labute approximate surface area is 104 Å². The van der Waals surface area contributed by atoms with Gasteiger partial charge < -0.3 is 0 Å². The number of nitrogens with two attached hydrogens (primary N) is 1. The smallest absolute Gasteiger partial charge is 0.273 e. The minimum Gasteiger partial charge on any atom is -0.290 e. The van der Waals surface area contributed by atoms with Gasteiger partial charge in [-0.05, 0) is 26.8 Å². The average Bonchev–Trinajstić information content (AvgIpc) is 2.83. The van der Waals surface area contributed by atoms with E-state index in [0.717, 1.165) is 0 Å². The maximum atomic E-state index is 11.5. The average molecular weight is 270 g/mol. The summed E-state index contributed by atoms with van der Waals surface area (Å²) in [5.41, 5.74) is 0.0402. The predicted octanol–water partition coefficient (Wildman–Crippen LogP) is 0.0706. The van der Waals surface area contributed by atoms with Crippen LogP contribution in [0, 0.1) is 0 Å². The van der Waals surface area contributed by atoms with Crippen LogP contribution >= 0.6 is 0 Å². The number of sulfonamides is 1. The Morgan fingerprint density at radius 1 is 1.33 bits per heavy atom. The molecule has 98 valence electrons. The largest absolute Gasteiger partial charge is 0.290 e. The first-order valence-electron chi connectivity index (χ1n) is 5.20. The lowest BCUT2D eigenvalue weighted by Crippen LogP contribution is -2.29. The van der Waals surface area contributed by atoms with Crippen molar-refractivity contribution in [2.24, 2.45) is 5.14 Å². The van der Waals surface area contributed by atoms with Gasteiger partial charge in [0.2, 0.25) is 0 Å². The Bertz CT molecular complexity index is 650. The third-order valence-electron chi connectivity index (χ3n) is 2.30. The molecule has 0 unspecified atom stereocenters. The van der Waals surface area contributed by atoms with E-state index in [-0.39, 0.29) is 5.16 Å². The quantitative estimate of drug-likeness (QED) is 0.800. The molecule has 0 aliphatic heterocycles. The summed E-state index contributed by atoms with van der Waals surface area (Å²) in [6.45, 7) is 5.51. The van der Waals surface area contributed by atoms with Gasteiger partial charge in [0.1, 0.15) is 5.69 Å². The second-order valence-corrected chi connectivity index (χ2v) is 6.28. The van der Waals surface area contributed by atoms with Crippen molar-refractivity contribution in [1.29, 1.82) is 0 Å². The van der Waals surface area contributed by atoms with Crippen molar-refractivity contribution in [3.8, 4) is 11.5 Å². The van der Waals surface area contributed by atoms with E-state index in [9.17, 15) is 8.42 Å². The van der Waals surface area contributed by atoms with Crippen LogP contribution in [0.1, 0.15) is 20.8 Å². The number of H-pyrrole nitrogens is 1. The molecule has 0 aliphatic carbocycles. The molecule has 0 atom stereocenters. The van der Waals surface area contributed by atoms with Crippen LogP contribution in [0.5, 0.6) is 0 Å². The number of aromatic nitrogens is 5. The Morgan fingerprint density at radius 2 is 2.00 bits per heavy atom. The summed E-state index contributed by atoms with van der Waals surface area (Å²) in [5, 5.41) is 18.9. The summed E-state index contributed by atoms with van der Waals surface area (Å²) in [4.78, 5) is 0. The van der Waals surface area contributed by atoms with Gasteiger partial charge >= 0.3 is 0 Å². The van der Waals surface area contributed by atoms with Gasteiger partial charge in [0.25, 0.3) is 15.2 Å². The van der Waals surface area contributed by atoms with E-state index in [1.54, 1.807) is 12.3 Å². The first-order chi connectivity index (χ1) is 8.21. The molecule has 2 heterocycles. The molecule has 9 heteroatoms. The first kappa shape index (κ1) is 12.7. The van der Waals surface area contributed by atoms with Gasteiger partial charge in [-0.2, -0.15) is 5.10 Å². The fraction of sp³-hybridized carbons (Fsp3) is 0.444. The van der Waals surface area contributed by atoms with Crippen molar-refractivity contribution in [3.05, 3.63) is 12.3 Å². The lowest BCUT2D eigenvalue weighted by molar-refractivity contribution is 0.365. The molecular weight excluding hydrogens is 256 g/mol. The fourth-order valence-corrected chi connectivity index (χ4v) is 2.38. The molecule has 0 aliphatic rings. The molecule has 0 bridgehead atoms. The van der Waals surface area contributed by atoms with Crippen LogP contribution < -0.4 is 5.14 Å². The SMILES string of the molecule is CC(C)(C)n1c(-c2ccn[nH]2)nnc1S(N)(=O)=O. The number of nitrogens with one attached hydrogen (secondary N) is 1. The van der Waals surface area contributed by atoms with Crippen LogP contribution in [0.25, 0.3) is 11.5 Å². The molecular formula is C9H14N6O2S. The third kappa shape index (κ3) is 2.14. The summed E-state index contributed by atoms with van der Waals surface area (Å²) in [7, 11) is -3.93. The van der Waals surface area contributed by atoms with Crippen molar-refractivity contribution >= 4 is 10.0 Å². The van der Waals surface area contributed by atoms with Crippen molar-refractivity contribution in [2.45, 2.75) is 31.5 Å². The van der Waals surface area contributed by atoms with E-state index < -0.39 is 15.6 Å². The number of hydrogen-bond donors (Lipinski definition) is 2. The number of hydrogen-bond acceptors (Lipinski definition) is 5. The monoisotopic (exact) mass is 270 g/mol. The molecule has 0 spiro atoms. The maximum absolute atomic E-state index is 11.5. The van der Waals surface area contributed by atoms with Gasteiger partial charge in [-0.15, -0.1) is 10.2 Å². The van der Waals surface area contributed by atoms with Gasteiger partial charge in [-0.25, -0.2) is 13.6 Å². The minimum atomic E-state index is -3.93. The maximum Gasteiger partial charge on any atom is 0.273 e. The molecule has 0 radical (unpaired) electrons. The van der Waals surface area contributed by atoms with Crippen LogP contribution in [-0.4, -0.2) is 33.4 Å². The van der Waals surface area contributed by atoms with Gasteiger partial charge in [-0.3, -0.25) is 9.67 Å². The lowest BCUT2D eigenvalue weighted by atomic mass is 10.1. The first-order valence-corrected chi connectivity index (χ1v) is 6.74. The second-order valence-electron chi connectivity index (χ2n) is 4.83. The number of primary sulfonamides is 1. The highest BCUT2D eigenvalue weighted by atomic mass is 32.2. The molecule has 3 N–H and O–H groups in total. The Hall–Kier alpha value is -1.74. The molecule has 8 nitrogen and oxygen atoms in total. The van der Waals surface area contributed by atoms with Crippen LogP contribution in [-0.2, 0) is 15.6 Å². The Kier molecular flexibility index (Phi) is 2.74. The predicted molar refractivity (Wildman–Crippen MR) is 64.0 cm³/mol. The van der Waals surface area contributed by atoms with Gasteiger partial charge in [0.15, 0.2) is 5.82 Å². The number of rotatable bonds is 2. The summed E-state index contributed by atoms with van der Waals surface area (Å²) in [5.74, 6) is 0.379. The van der Waals surface area contributed by atoms with Crippen molar-refractivity contribution in [2.75, 3.05) is 0 Å². The molecule has 2 aromatic heterocycles. The van der Waals surface area contributed by atoms with E-state index >= 15 is 0 Å². The van der Waals surface area contributed by atoms with Crippen LogP contribution in [0.3, 0.4) is 0 Å². The summed E-state index contributed by atoms with van der Waals surface area (Å²) >= 11 is 0. The van der Waals surface area contributed by atoms with Gasteiger partial charge in [-0.1, -0.05) is 0 Å². The van der Waals surface area contributed by atoms with Crippen LogP contribution in [0.15, 0.2) is 17.4 Å². The molecule has 2 aromatic rings. The van der Waals surface area contributed by atoms with Crippen molar-refractivity contribution in [3.63, 3.8) is 0 Å². The lowest BCUT2D eigenvalue weighted by Gasteiger charge is -2.23. The topological polar surface area (TPSA) is 120 Å². The van der Waals surface area contributed by atoms with E-state index in [1.165, 1.54) is 4.57 Å². The van der Waals surface area contributed by atoms with Gasteiger partial charge in [0.05, 0.1) is 0 Å². The second kappa shape index (κ2) is 3.89. The van der Waals surface area contributed by atoms with Crippen molar-refractivity contribution in [1.82, 2.24) is 25.0 Å². The summed E-state index contributed by atoms with van der Waals surface area (Å²) in [6, 6.07) is 1.68. The molecule has 2 rings (SSSR count). The third-order valence-corrected chi connectivity index (χ3v) is 3.07. The van der Waals surface area contributed by atoms with E-state index in [4.69, 9.17) is 5.14 Å². The molecule has 0 aromatic carbocycles. The van der Waals surface area contributed by atoms with Gasteiger partial charge in [0, 0.05) is 11.7 Å². The minimum absolute atomic E-state index is 0.264. The van der Waals surface area contributed by atoms with E-state index in [1.807, 2.05) is 20.8 Å². The Balaban J connectivity index is 2.75. The van der Waals surface area contributed by atoms with E-state index in [0.29, 0.717) is 11.5 Å². The highest BCUT2D eigenvalue weighted by molar-refractivity contribution is 7.89. The van der Waals surface area contributed by atoms with Crippen molar-refractivity contribution < 1.29 is 8.42 Å². The molecule has 18 heavy (non-hydrogen) atoms. The highest BCUT2D eigenvalue weighted by Gasteiger charge is 2.29. The number of aromatic amines is 1. The summed E-state index contributed by atoms with van der Waals surface area (Å²) < 4.78 is 24.5. The zero-order valence-corrected chi connectivity index (χ0v) is 11.1. The molecule has 0 saturated carbocycles. The zero-order valence-electron chi connectivity index (χ0n) is 10.2. The fourth-order valence-electron chi connectivity index (χ4n) is 1.61. The van der Waals surface area contributed by atoms with Crippen LogP contribution in [0.2, 0.25) is 0 Å². The zero-order chi connectivity index (χ0) is 13.6. The molecule has 0 amide bonds. The number of nitrogens with zero attached hydrogens (tertiary/aromatic N) is 4. The Morgan fingerprint density at radius 3 is 2.44 bits per heavy atom. The summed E-state index contributed by atoms with van der Waals surface area (Å²) in [6.07, 6.45) is 1.55. The van der Waals surface area contributed by atoms with Crippen LogP contribution in [0.4, 0.5) is 0 Å². The highest BCUT2D eigenvalue weighted by Crippen LogP contribution is 2.26. The normalized spacial score (nSPS) is 12.9. The molecule has 0 saturated heterocycles. The molecule has 0 fully saturated rings. The standard InChI is InChI=1S/C9H14N6O2S/c1-9(2,3)15-7(6-4-5-11-12-6)13-14-8(15)18(10,16)17/h4-5H,1-3H3,(H,11,12)(H2,10,16,17). The van der Waals surface area contributed by atoms with E-state index in [2.05, 4.69) is 20.4 Å².